The number of benzene rings is 1. The van der Waals surface area contributed by atoms with E-state index in [1.54, 1.807) is 12.1 Å². The minimum absolute atomic E-state index is 0.215. The summed E-state index contributed by atoms with van der Waals surface area (Å²) in [4.78, 5) is 21.6. The third-order valence-corrected chi connectivity index (χ3v) is 5.83. The Labute approximate surface area is 171 Å². The van der Waals surface area contributed by atoms with Crippen molar-refractivity contribution in [3.05, 3.63) is 65.2 Å². The number of ether oxygens (including phenoxy) is 1. The van der Waals surface area contributed by atoms with Gasteiger partial charge in [0.2, 0.25) is 5.91 Å². The standard InChI is InChI=1S/C23H28FN3O2/c24-20-4-1-3-18(15-20)16-21-5-2-6-22(25-21)19-7-9-27(10-8-19)23(28)17-26-11-13-29-14-12-26/h1-6,15,19H,7-14,16-17H2. The highest BCUT2D eigenvalue weighted by Gasteiger charge is 2.26. The molecule has 2 saturated heterocycles. The van der Waals surface area contributed by atoms with Gasteiger partial charge in [0, 0.05) is 49.9 Å². The van der Waals surface area contributed by atoms with Crippen LogP contribution in [0.5, 0.6) is 0 Å². The fourth-order valence-electron chi connectivity index (χ4n) is 4.16. The number of likely N-dealkylation sites (tertiary alicyclic amines) is 1. The second-order valence-electron chi connectivity index (χ2n) is 7.90. The van der Waals surface area contributed by atoms with Crippen LogP contribution in [0.3, 0.4) is 0 Å². The van der Waals surface area contributed by atoms with Crippen molar-refractivity contribution in [3.8, 4) is 0 Å². The van der Waals surface area contributed by atoms with Crippen LogP contribution in [0, 0.1) is 5.82 Å². The zero-order valence-electron chi connectivity index (χ0n) is 16.7. The first-order chi connectivity index (χ1) is 14.2. The van der Waals surface area contributed by atoms with Crippen molar-refractivity contribution in [2.45, 2.75) is 25.2 Å². The number of carbonyl (C=O) groups excluding carboxylic acids is 1. The normalized spacial score (nSPS) is 18.7. The van der Waals surface area contributed by atoms with Gasteiger partial charge < -0.3 is 9.64 Å². The number of carbonyl (C=O) groups is 1. The maximum atomic E-state index is 13.4. The molecule has 154 valence electrons. The predicted octanol–water partition coefficient (Wildman–Crippen LogP) is 2.85. The molecule has 0 unspecified atom stereocenters. The van der Waals surface area contributed by atoms with Gasteiger partial charge in [0.25, 0.3) is 0 Å². The number of nitrogens with zero attached hydrogens (tertiary/aromatic N) is 3. The van der Waals surface area contributed by atoms with Gasteiger partial charge in [-0.15, -0.1) is 0 Å². The number of rotatable bonds is 5. The molecule has 1 aromatic heterocycles. The molecule has 0 bridgehead atoms. The highest BCUT2D eigenvalue weighted by atomic mass is 19.1. The number of halogens is 1. The van der Waals surface area contributed by atoms with Crippen molar-refractivity contribution in [1.82, 2.24) is 14.8 Å². The Kier molecular flexibility index (Phi) is 6.52. The monoisotopic (exact) mass is 397 g/mol. The molecule has 0 radical (unpaired) electrons. The highest BCUT2D eigenvalue weighted by Crippen LogP contribution is 2.27. The molecule has 1 aromatic carbocycles. The molecule has 2 fully saturated rings. The Bertz CT molecular complexity index is 830. The molecule has 5 nitrogen and oxygen atoms in total. The first-order valence-electron chi connectivity index (χ1n) is 10.5. The van der Waals surface area contributed by atoms with Gasteiger partial charge >= 0.3 is 0 Å². The predicted molar refractivity (Wildman–Crippen MR) is 109 cm³/mol. The summed E-state index contributed by atoms with van der Waals surface area (Å²) in [5.74, 6) is 0.376. The Morgan fingerprint density at radius 1 is 1.07 bits per heavy atom. The third kappa shape index (κ3) is 5.40. The van der Waals surface area contributed by atoms with Crippen LogP contribution in [-0.4, -0.2) is 66.6 Å². The van der Waals surface area contributed by atoms with Crippen LogP contribution in [0.1, 0.15) is 35.7 Å². The first kappa shape index (κ1) is 20.0. The van der Waals surface area contributed by atoms with Crippen molar-refractivity contribution >= 4 is 5.91 Å². The van der Waals surface area contributed by atoms with E-state index in [9.17, 15) is 9.18 Å². The lowest BCUT2D eigenvalue weighted by Gasteiger charge is -2.34. The van der Waals surface area contributed by atoms with Gasteiger partial charge in [-0.05, 0) is 42.7 Å². The molecule has 4 rings (SSSR count). The molecule has 6 heteroatoms. The summed E-state index contributed by atoms with van der Waals surface area (Å²) in [5.41, 5.74) is 2.97. The summed E-state index contributed by atoms with van der Waals surface area (Å²) in [5, 5.41) is 0. The van der Waals surface area contributed by atoms with E-state index in [2.05, 4.69) is 11.0 Å². The van der Waals surface area contributed by atoms with Crippen LogP contribution in [0.15, 0.2) is 42.5 Å². The lowest BCUT2D eigenvalue weighted by atomic mass is 9.92. The van der Waals surface area contributed by atoms with E-state index >= 15 is 0 Å². The summed E-state index contributed by atoms with van der Waals surface area (Å²) in [6.07, 6.45) is 2.50. The molecule has 2 aliphatic heterocycles. The minimum atomic E-state index is -0.215. The SMILES string of the molecule is O=C(CN1CCOCC1)N1CCC(c2cccc(Cc3cccc(F)c3)n2)CC1. The average Bonchev–Trinajstić information content (AvgIpc) is 2.75. The quantitative estimate of drug-likeness (QED) is 0.778. The van der Waals surface area contributed by atoms with Gasteiger partial charge in [-0.25, -0.2) is 4.39 Å². The second-order valence-corrected chi connectivity index (χ2v) is 7.90. The summed E-state index contributed by atoms with van der Waals surface area (Å²) in [7, 11) is 0. The maximum absolute atomic E-state index is 13.4. The molecule has 2 aromatic rings. The van der Waals surface area contributed by atoms with Crippen molar-refractivity contribution in [3.63, 3.8) is 0 Å². The fraction of sp³-hybridized carbons (Fsp3) is 0.478. The van der Waals surface area contributed by atoms with E-state index in [1.807, 2.05) is 23.1 Å². The molecule has 0 spiro atoms. The van der Waals surface area contributed by atoms with Gasteiger partial charge in [0.1, 0.15) is 5.82 Å². The van der Waals surface area contributed by atoms with E-state index < -0.39 is 0 Å². The molecule has 0 atom stereocenters. The van der Waals surface area contributed by atoms with Gasteiger partial charge in [0.15, 0.2) is 0 Å². The highest BCUT2D eigenvalue weighted by molar-refractivity contribution is 5.78. The Morgan fingerprint density at radius 2 is 1.83 bits per heavy atom. The average molecular weight is 397 g/mol. The molecule has 1 amide bonds. The smallest absolute Gasteiger partial charge is 0.236 e. The van der Waals surface area contributed by atoms with E-state index in [-0.39, 0.29) is 11.7 Å². The maximum Gasteiger partial charge on any atom is 0.236 e. The summed E-state index contributed by atoms with van der Waals surface area (Å²) < 4.78 is 18.8. The zero-order valence-corrected chi connectivity index (χ0v) is 16.7. The van der Waals surface area contributed by atoms with E-state index in [0.29, 0.717) is 32.1 Å². The number of piperidine rings is 1. The molecular weight excluding hydrogens is 369 g/mol. The van der Waals surface area contributed by atoms with Gasteiger partial charge in [0.05, 0.1) is 19.8 Å². The third-order valence-electron chi connectivity index (χ3n) is 5.83. The zero-order chi connectivity index (χ0) is 20.1. The molecule has 3 heterocycles. The lowest BCUT2D eigenvalue weighted by Crippen LogP contribution is -2.46. The second kappa shape index (κ2) is 9.46. The fourth-order valence-corrected chi connectivity index (χ4v) is 4.16. The van der Waals surface area contributed by atoms with Crippen molar-refractivity contribution in [1.29, 1.82) is 0 Å². The van der Waals surface area contributed by atoms with E-state index in [1.165, 1.54) is 6.07 Å². The summed E-state index contributed by atoms with van der Waals surface area (Å²) in [6, 6.07) is 12.8. The van der Waals surface area contributed by atoms with E-state index in [4.69, 9.17) is 9.72 Å². The largest absolute Gasteiger partial charge is 0.379 e. The Balaban J connectivity index is 1.32. The summed E-state index contributed by atoms with van der Waals surface area (Å²) in [6.45, 7) is 5.16. The number of hydrogen-bond acceptors (Lipinski definition) is 4. The number of pyridine rings is 1. The molecule has 2 aliphatic rings. The molecule has 0 saturated carbocycles. The lowest BCUT2D eigenvalue weighted by molar-refractivity contribution is -0.134. The van der Waals surface area contributed by atoms with Crippen LogP contribution < -0.4 is 0 Å². The molecule has 0 N–H and O–H groups in total. The van der Waals surface area contributed by atoms with E-state index in [0.717, 1.165) is 56.0 Å². The van der Waals surface area contributed by atoms with Crippen molar-refractivity contribution in [2.75, 3.05) is 45.9 Å². The Morgan fingerprint density at radius 3 is 2.59 bits per heavy atom. The number of morpholine rings is 1. The van der Waals surface area contributed by atoms with Crippen LogP contribution in [-0.2, 0) is 16.0 Å². The van der Waals surface area contributed by atoms with Crippen LogP contribution in [0.4, 0.5) is 4.39 Å². The van der Waals surface area contributed by atoms with Crippen LogP contribution >= 0.6 is 0 Å². The Hall–Kier alpha value is -2.31. The minimum Gasteiger partial charge on any atom is -0.379 e. The summed E-state index contributed by atoms with van der Waals surface area (Å²) >= 11 is 0. The topological polar surface area (TPSA) is 45.7 Å². The van der Waals surface area contributed by atoms with Crippen molar-refractivity contribution in [2.24, 2.45) is 0 Å². The van der Waals surface area contributed by atoms with Crippen LogP contribution in [0.2, 0.25) is 0 Å². The number of aromatic nitrogens is 1. The molecule has 29 heavy (non-hydrogen) atoms. The van der Waals surface area contributed by atoms with Crippen LogP contribution in [0.25, 0.3) is 0 Å². The van der Waals surface area contributed by atoms with Gasteiger partial charge in [-0.3, -0.25) is 14.7 Å². The molecule has 0 aliphatic carbocycles. The van der Waals surface area contributed by atoms with Crippen molar-refractivity contribution < 1.29 is 13.9 Å². The number of hydrogen-bond donors (Lipinski definition) is 0. The first-order valence-corrected chi connectivity index (χ1v) is 10.5. The molecular formula is C23H28FN3O2. The van der Waals surface area contributed by atoms with Gasteiger partial charge in [-0.2, -0.15) is 0 Å². The van der Waals surface area contributed by atoms with Gasteiger partial charge in [-0.1, -0.05) is 18.2 Å². The number of amides is 1.